The van der Waals surface area contributed by atoms with Crippen molar-refractivity contribution >= 4 is 11.6 Å². The summed E-state index contributed by atoms with van der Waals surface area (Å²) >= 11 is 5.83. The first-order chi connectivity index (χ1) is 6.36. The third-order valence-corrected chi connectivity index (χ3v) is 2.04. The van der Waals surface area contributed by atoms with E-state index in [1.54, 1.807) is 0 Å². The van der Waals surface area contributed by atoms with Crippen LogP contribution in [0.15, 0.2) is 42.5 Å². The normalized spacial score (nSPS) is 9.92. The van der Waals surface area contributed by atoms with Gasteiger partial charge in [-0.05, 0) is 23.3 Å². The molecule has 2 radical (unpaired) electrons. The molecule has 0 N–H and O–H groups in total. The summed E-state index contributed by atoms with van der Waals surface area (Å²) in [5, 5.41) is 0.644. The summed E-state index contributed by atoms with van der Waals surface area (Å²) in [4.78, 5) is 0. The maximum absolute atomic E-state index is 5.83. The molecule has 2 aromatic rings. The van der Waals surface area contributed by atoms with E-state index in [0.717, 1.165) is 11.1 Å². The molecule has 2 aromatic carbocycles. The van der Waals surface area contributed by atoms with E-state index in [-0.39, 0.29) is 0 Å². The molecule has 0 spiro atoms. The SMILES string of the molecule is Clc1[c]ccc(-c2cc[c]cc2)c1. The lowest BCUT2D eigenvalue weighted by atomic mass is 10.1. The molecule has 0 unspecified atom stereocenters. The van der Waals surface area contributed by atoms with Crippen LogP contribution in [-0.4, -0.2) is 0 Å². The Bertz CT molecular complexity index is 393. The van der Waals surface area contributed by atoms with Gasteiger partial charge in [0.2, 0.25) is 0 Å². The third kappa shape index (κ3) is 1.90. The molecule has 0 heterocycles. The lowest BCUT2D eigenvalue weighted by Crippen LogP contribution is -1.75. The van der Waals surface area contributed by atoms with Crippen LogP contribution < -0.4 is 0 Å². The fraction of sp³-hybridized carbons (Fsp3) is 0. The Balaban J connectivity index is 2.48. The number of hydrogen-bond donors (Lipinski definition) is 0. The quantitative estimate of drug-likeness (QED) is 0.638. The van der Waals surface area contributed by atoms with E-state index in [0.29, 0.717) is 5.02 Å². The van der Waals surface area contributed by atoms with Crippen molar-refractivity contribution in [1.82, 2.24) is 0 Å². The number of benzene rings is 2. The van der Waals surface area contributed by atoms with Gasteiger partial charge >= 0.3 is 0 Å². The minimum Gasteiger partial charge on any atom is -0.0836 e. The van der Waals surface area contributed by atoms with Crippen molar-refractivity contribution in [3.63, 3.8) is 0 Å². The molecular weight excluding hydrogens is 180 g/mol. The maximum atomic E-state index is 5.83. The van der Waals surface area contributed by atoms with E-state index >= 15 is 0 Å². The maximum Gasteiger partial charge on any atom is 0.0491 e. The van der Waals surface area contributed by atoms with Gasteiger partial charge in [0, 0.05) is 11.1 Å². The van der Waals surface area contributed by atoms with E-state index in [2.05, 4.69) is 12.1 Å². The lowest BCUT2D eigenvalue weighted by Gasteiger charge is -2.00. The summed E-state index contributed by atoms with van der Waals surface area (Å²) in [7, 11) is 0. The largest absolute Gasteiger partial charge is 0.0836 e. The second kappa shape index (κ2) is 3.63. The van der Waals surface area contributed by atoms with Gasteiger partial charge in [-0.3, -0.25) is 0 Å². The molecule has 0 amide bonds. The summed E-state index contributed by atoms with van der Waals surface area (Å²) < 4.78 is 0. The predicted octanol–water partition coefficient (Wildman–Crippen LogP) is 3.61. The predicted molar refractivity (Wildman–Crippen MR) is 54.6 cm³/mol. The molecule has 0 bridgehead atoms. The molecule has 0 saturated carbocycles. The average Bonchev–Trinajstić information content (AvgIpc) is 2.19. The molecule has 13 heavy (non-hydrogen) atoms. The van der Waals surface area contributed by atoms with Crippen LogP contribution in [0.2, 0.25) is 5.02 Å². The van der Waals surface area contributed by atoms with Gasteiger partial charge < -0.3 is 0 Å². The molecule has 2 rings (SSSR count). The van der Waals surface area contributed by atoms with Gasteiger partial charge in [-0.2, -0.15) is 0 Å². The zero-order valence-corrected chi connectivity index (χ0v) is 7.68. The van der Waals surface area contributed by atoms with Crippen LogP contribution in [0.5, 0.6) is 0 Å². The van der Waals surface area contributed by atoms with E-state index < -0.39 is 0 Å². The first kappa shape index (κ1) is 8.33. The van der Waals surface area contributed by atoms with Crippen molar-refractivity contribution in [3.8, 4) is 11.1 Å². The van der Waals surface area contributed by atoms with Crippen LogP contribution in [0, 0.1) is 12.1 Å². The minimum atomic E-state index is 0.644. The van der Waals surface area contributed by atoms with Crippen LogP contribution in [0.1, 0.15) is 0 Å². The minimum absolute atomic E-state index is 0.644. The van der Waals surface area contributed by atoms with Gasteiger partial charge in [0.15, 0.2) is 0 Å². The molecule has 0 atom stereocenters. The highest BCUT2D eigenvalue weighted by Crippen LogP contribution is 2.21. The van der Waals surface area contributed by atoms with Gasteiger partial charge in [-0.25, -0.2) is 0 Å². The summed E-state index contributed by atoms with van der Waals surface area (Å²) in [6.07, 6.45) is 0. The van der Waals surface area contributed by atoms with E-state index in [1.165, 1.54) is 0 Å². The van der Waals surface area contributed by atoms with E-state index in [4.69, 9.17) is 11.6 Å². The number of rotatable bonds is 1. The molecule has 0 aliphatic rings. The highest BCUT2D eigenvalue weighted by atomic mass is 35.5. The molecule has 1 heteroatoms. The third-order valence-electron chi connectivity index (χ3n) is 1.82. The molecule has 0 fully saturated rings. The van der Waals surface area contributed by atoms with Crippen molar-refractivity contribution in [2.75, 3.05) is 0 Å². The monoisotopic (exact) mass is 186 g/mol. The van der Waals surface area contributed by atoms with Gasteiger partial charge in [0.25, 0.3) is 0 Å². The second-order valence-corrected chi connectivity index (χ2v) is 3.12. The first-order valence-electron chi connectivity index (χ1n) is 4.00. The molecule has 0 saturated heterocycles. The van der Waals surface area contributed by atoms with Crippen molar-refractivity contribution in [2.24, 2.45) is 0 Å². The number of hydrogen-bond acceptors (Lipinski definition) is 0. The Kier molecular flexibility index (Phi) is 2.33. The van der Waals surface area contributed by atoms with E-state index in [1.807, 2.05) is 42.5 Å². The van der Waals surface area contributed by atoms with Crippen LogP contribution in [0.4, 0.5) is 0 Å². The Morgan fingerprint density at radius 3 is 2.31 bits per heavy atom. The zero-order chi connectivity index (χ0) is 9.10. The van der Waals surface area contributed by atoms with Gasteiger partial charge in [-0.15, -0.1) is 0 Å². The van der Waals surface area contributed by atoms with Gasteiger partial charge in [0.1, 0.15) is 0 Å². The van der Waals surface area contributed by atoms with Crippen molar-refractivity contribution in [3.05, 3.63) is 59.6 Å². The first-order valence-corrected chi connectivity index (χ1v) is 4.38. The highest BCUT2D eigenvalue weighted by molar-refractivity contribution is 6.30. The van der Waals surface area contributed by atoms with Crippen LogP contribution in [-0.2, 0) is 0 Å². The van der Waals surface area contributed by atoms with Crippen LogP contribution in [0.3, 0.4) is 0 Å². The molecular formula is C12H7Cl. The van der Waals surface area contributed by atoms with Gasteiger partial charge in [0.05, 0.1) is 0 Å². The summed E-state index contributed by atoms with van der Waals surface area (Å²) in [5.41, 5.74) is 2.26. The zero-order valence-electron chi connectivity index (χ0n) is 6.92. The Morgan fingerprint density at radius 1 is 0.923 bits per heavy atom. The average molecular weight is 187 g/mol. The van der Waals surface area contributed by atoms with E-state index in [9.17, 15) is 0 Å². The summed E-state index contributed by atoms with van der Waals surface area (Å²) in [6, 6.07) is 19.4. The summed E-state index contributed by atoms with van der Waals surface area (Å²) in [6.45, 7) is 0. The smallest absolute Gasteiger partial charge is 0.0491 e. The fourth-order valence-corrected chi connectivity index (χ4v) is 1.38. The molecule has 0 aliphatic carbocycles. The molecule has 0 nitrogen and oxygen atoms in total. The number of halogens is 1. The molecule has 0 aromatic heterocycles. The van der Waals surface area contributed by atoms with Crippen LogP contribution >= 0.6 is 11.6 Å². The van der Waals surface area contributed by atoms with Crippen molar-refractivity contribution < 1.29 is 0 Å². The Morgan fingerprint density at radius 2 is 1.62 bits per heavy atom. The molecule has 62 valence electrons. The second-order valence-electron chi connectivity index (χ2n) is 2.71. The topological polar surface area (TPSA) is 0 Å². The summed E-state index contributed by atoms with van der Waals surface area (Å²) in [5.74, 6) is 0. The van der Waals surface area contributed by atoms with Crippen molar-refractivity contribution in [2.45, 2.75) is 0 Å². The van der Waals surface area contributed by atoms with Gasteiger partial charge in [-0.1, -0.05) is 48.0 Å². The Labute approximate surface area is 82.8 Å². The Hall–Kier alpha value is -1.27. The fourth-order valence-electron chi connectivity index (χ4n) is 1.20. The lowest BCUT2D eigenvalue weighted by molar-refractivity contribution is 1.61. The highest BCUT2D eigenvalue weighted by Gasteiger charge is 1.95. The standard InChI is InChI=1S/C12H7Cl/c13-12-8-4-7-11(9-12)10-5-2-1-3-6-10/h2-7,9H. The van der Waals surface area contributed by atoms with Crippen LogP contribution in [0.25, 0.3) is 11.1 Å². The molecule has 0 aliphatic heterocycles. The van der Waals surface area contributed by atoms with Crippen molar-refractivity contribution in [1.29, 1.82) is 0 Å².